The average Bonchev–Trinajstić information content (AvgIpc) is 2.77. The molecular weight excluding hydrogens is 424 g/mol. The molecule has 1 N–H and O–H groups in total. The predicted molar refractivity (Wildman–Crippen MR) is 117 cm³/mol. The molecule has 3 aromatic carbocycles. The third-order valence-corrected chi connectivity index (χ3v) is 6.50. The van der Waals surface area contributed by atoms with E-state index in [1.165, 1.54) is 12.1 Å². The first kappa shape index (κ1) is 21.7. The van der Waals surface area contributed by atoms with Crippen LogP contribution in [0.1, 0.15) is 5.56 Å². The van der Waals surface area contributed by atoms with Crippen LogP contribution in [0.2, 0.25) is 5.02 Å². The molecule has 0 aliphatic heterocycles. The Balaban J connectivity index is 1.86. The molecular formula is C22H21ClN2O4S. The number of methoxy groups -OCH3 is 1. The molecule has 0 saturated carbocycles. The van der Waals surface area contributed by atoms with Gasteiger partial charge >= 0.3 is 0 Å². The summed E-state index contributed by atoms with van der Waals surface area (Å²) in [6.07, 6.45) is 0. The van der Waals surface area contributed by atoms with E-state index in [1.807, 2.05) is 18.2 Å². The summed E-state index contributed by atoms with van der Waals surface area (Å²) < 4.78 is 32.8. The van der Waals surface area contributed by atoms with Gasteiger partial charge in [0.15, 0.2) is 0 Å². The maximum atomic E-state index is 13.3. The molecule has 0 atom stereocenters. The highest BCUT2D eigenvalue weighted by atomic mass is 35.5. The molecule has 156 valence electrons. The van der Waals surface area contributed by atoms with E-state index in [2.05, 4.69) is 5.32 Å². The topological polar surface area (TPSA) is 75.7 Å². The number of hydrogen-bond donors (Lipinski definition) is 1. The summed E-state index contributed by atoms with van der Waals surface area (Å²) >= 11 is 6.25. The molecule has 1 amide bonds. The van der Waals surface area contributed by atoms with Crippen molar-refractivity contribution in [3.8, 4) is 5.75 Å². The standard InChI is InChI=1S/C22H21ClN2O4S/c1-29-21-14-8-5-9-17(21)15-24-22(26)16-25(20-13-7-6-12-19(20)23)30(27,28)18-10-3-2-4-11-18/h2-14H,15-16H2,1H3,(H,24,26). The van der Waals surface area contributed by atoms with Gasteiger partial charge in [0.2, 0.25) is 5.91 Å². The SMILES string of the molecule is COc1ccccc1CNC(=O)CN(c1ccccc1Cl)S(=O)(=O)c1ccccc1. The average molecular weight is 445 g/mol. The van der Waals surface area contributed by atoms with Crippen molar-refractivity contribution in [2.45, 2.75) is 11.4 Å². The highest BCUT2D eigenvalue weighted by Crippen LogP contribution is 2.30. The second-order valence-corrected chi connectivity index (χ2v) is 8.63. The van der Waals surface area contributed by atoms with E-state index in [0.717, 1.165) is 9.87 Å². The van der Waals surface area contributed by atoms with Gasteiger partial charge in [0, 0.05) is 12.1 Å². The van der Waals surface area contributed by atoms with Gasteiger partial charge in [0.05, 0.1) is 22.7 Å². The first-order valence-corrected chi connectivity index (χ1v) is 11.0. The van der Waals surface area contributed by atoms with Crippen molar-refractivity contribution in [1.82, 2.24) is 5.32 Å². The first-order chi connectivity index (χ1) is 14.4. The second kappa shape index (κ2) is 9.65. The Hall–Kier alpha value is -3.03. The maximum absolute atomic E-state index is 13.3. The Morgan fingerprint density at radius 3 is 2.30 bits per heavy atom. The zero-order valence-electron chi connectivity index (χ0n) is 16.3. The molecule has 0 bridgehead atoms. The van der Waals surface area contributed by atoms with Crippen molar-refractivity contribution in [3.05, 3.63) is 89.4 Å². The Labute approximate surface area is 181 Å². The molecule has 0 spiro atoms. The van der Waals surface area contributed by atoms with Crippen molar-refractivity contribution in [1.29, 1.82) is 0 Å². The fourth-order valence-electron chi connectivity index (χ4n) is 2.90. The normalized spacial score (nSPS) is 11.0. The summed E-state index contributed by atoms with van der Waals surface area (Å²) in [5, 5.41) is 2.98. The lowest BCUT2D eigenvalue weighted by atomic mass is 10.2. The quantitative estimate of drug-likeness (QED) is 0.572. The number of para-hydroxylation sites is 2. The van der Waals surface area contributed by atoms with Crippen LogP contribution in [-0.4, -0.2) is 28.0 Å². The van der Waals surface area contributed by atoms with E-state index in [9.17, 15) is 13.2 Å². The Morgan fingerprint density at radius 2 is 1.60 bits per heavy atom. The van der Waals surface area contributed by atoms with Crippen LogP contribution in [0.5, 0.6) is 5.75 Å². The van der Waals surface area contributed by atoms with Gasteiger partial charge < -0.3 is 10.1 Å². The lowest BCUT2D eigenvalue weighted by molar-refractivity contribution is -0.119. The fraction of sp³-hybridized carbons (Fsp3) is 0.136. The highest BCUT2D eigenvalue weighted by Gasteiger charge is 2.28. The number of anilines is 1. The summed E-state index contributed by atoms with van der Waals surface area (Å²) in [5.41, 5.74) is 1.01. The van der Waals surface area contributed by atoms with E-state index in [0.29, 0.717) is 5.75 Å². The smallest absolute Gasteiger partial charge is 0.264 e. The van der Waals surface area contributed by atoms with Crippen LogP contribution in [0, 0.1) is 0 Å². The zero-order valence-corrected chi connectivity index (χ0v) is 17.9. The number of hydrogen-bond acceptors (Lipinski definition) is 4. The number of benzene rings is 3. The highest BCUT2D eigenvalue weighted by molar-refractivity contribution is 7.92. The minimum atomic E-state index is -4.00. The predicted octanol–water partition coefficient (Wildman–Crippen LogP) is 3.86. The molecule has 0 aliphatic carbocycles. The monoisotopic (exact) mass is 444 g/mol. The van der Waals surface area contributed by atoms with Crippen LogP contribution in [0.4, 0.5) is 5.69 Å². The lowest BCUT2D eigenvalue weighted by Gasteiger charge is -2.25. The minimum absolute atomic E-state index is 0.0717. The third-order valence-electron chi connectivity index (χ3n) is 4.41. The van der Waals surface area contributed by atoms with Crippen LogP contribution < -0.4 is 14.4 Å². The van der Waals surface area contributed by atoms with Gasteiger partial charge in [-0.05, 0) is 30.3 Å². The number of carbonyl (C=O) groups excluding carboxylic acids is 1. The zero-order chi connectivity index (χ0) is 21.6. The Bertz CT molecular complexity index is 1120. The van der Waals surface area contributed by atoms with Gasteiger partial charge in [-0.2, -0.15) is 0 Å². The van der Waals surface area contributed by atoms with Gasteiger partial charge in [-0.25, -0.2) is 8.42 Å². The van der Waals surface area contributed by atoms with Crippen molar-refractivity contribution >= 4 is 33.2 Å². The minimum Gasteiger partial charge on any atom is -0.496 e. The molecule has 3 aromatic rings. The van der Waals surface area contributed by atoms with Gasteiger partial charge in [-0.3, -0.25) is 9.10 Å². The summed E-state index contributed by atoms with van der Waals surface area (Å²) in [5.74, 6) is 0.165. The number of nitrogens with one attached hydrogen (secondary N) is 1. The van der Waals surface area contributed by atoms with Gasteiger partial charge in [-0.15, -0.1) is 0 Å². The van der Waals surface area contributed by atoms with Crippen LogP contribution in [-0.2, 0) is 21.4 Å². The van der Waals surface area contributed by atoms with E-state index in [-0.39, 0.29) is 22.2 Å². The summed E-state index contributed by atoms with van der Waals surface area (Å²) in [6.45, 7) is -0.222. The van der Waals surface area contributed by atoms with Crippen molar-refractivity contribution < 1.29 is 17.9 Å². The van der Waals surface area contributed by atoms with E-state index < -0.39 is 22.5 Å². The van der Waals surface area contributed by atoms with Gasteiger partial charge in [0.25, 0.3) is 10.0 Å². The lowest BCUT2D eigenvalue weighted by Crippen LogP contribution is -2.40. The number of amides is 1. The molecule has 0 fully saturated rings. The van der Waals surface area contributed by atoms with Gasteiger partial charge in [0.1, 0.15) is 12.3 Å². The maximum Gasteiger partial charge on any atom is 0.264 e. The molecule has 30 heavy (non-hydrogen) atoms. The summed E-state index contributed by atoms with van der Waals surface area (Å²) in [4.78, 5) is 12.8. The Kier molecular flexibility index (Phi) is 6.97. The number of rotatable bonds is 8. The molecule has 0 heterocycles. The molecule has 0 aliphatic rings. The molecule has 3 rings (SSSR count). The third kappa shape index (κ3) is 4.93. The van der Waals surface area contributed by atoms with E-state index >= 15 is 0 Å². The molecule has 0 radical (unpaired) electrons. The number of nitrogens with zero attached hydrogens (tertiary/aromatic N) is 1. The van der Waals surface area contributed by atoms with Crippen molar-refractivity contribution in [2.24, 2.45) is 0 Å². The number of halogens is 1. The largest absolute Gasteiger partial charge is 0.496 e. The van der Waals surface area contributed by atoms with E-state index in [1.54, 1.807) is 55.6 Å². The first-order valence-electron chi connectivity index (χ1n) is 9.14. The molecule has 6 nitrogen and oxygen atoms in total. The fourth-order valence-corrected chi connectivity index (χ4v) is 4.65. The molecule has 8 heteroatoms. The summed E-state index contributed by atoms with van der Waals surface area (Å²) in [7, 11) is -2.46. The molecule has 0 aromatic heterocycles. The number of sulfonamides is 1. The van der Waals surface area contributed by atoms with Crippen LogP contribution >= 0.6 is 11.6 Å². The van der Waals surface area contributed by atoms with Crippen LogP contribution in [0.25, 0.3) is 0 Å². The van der Waals surface area contributed by atoms with Crippen LogP contribution in [0.15, 0.2) is 83.8 Å². The van der Waals surface area contributed by atoms with Crippen LogP contribution in [0.3, 0.4) is 0 Å². The Morgan fingerprint density at radius 1 is 0.967 bits per heavy atom. The number of ether oxygens (including phenoxy) is 1. The summed E-state index contributed by atoms with van der Waals surface area (Å²) in [6, 6.07) is 21.7. The van der Waals surface area contributed by atoms with Crippen molar-refractivity contribution in [3.63, 3.8) is 0 Å². The van der Waals surface area contributed by atoms with Gasteiger partial charge in [-0.1, -0.05) is 60.1 Å². The molecule has 0 unspecified atom stereocenters. The second-order valence-electron chi connectivity index (χ2n) is 6.36. The molecule has 0 saturated heterocycles. The van der Waals surface area contributed by atoms with E-state index in [4.69, 9.17) is 16.3 Å². The van der Waals surface area contributed by atoms with Crippen molar-refractivity contribution in [2.75, 3.05) is 18.0 Å². The number of carbonyl (C=O) groups is 1.